The first-order valence-corrected chi connectivity index (χ1v) is 11.1. The second-order valence-electron chi connectivity index (χ2n) is 7.30. The topological polar surface area (TPSA) is 62.0 Å². The Morgan fingerprint density at radius 3 is 2.24 bits per heavy atom. The zero-order valence-electron chi connectivity index (χ0n) is 16.4. The number of hydrogen-bond donors (Lipinski definition) is 2. The number of nitrogens with one attached hydrogen (secondary N) is 2. The number of fused-ring (bicyclic) bond motifs is 1. The van der Waals surface area contributed by atoms with E-state index in [4.69, 9.17) is 11.6 Å². The minimum Gasteiger partial charge on any atom is -0.355 e. The highest BCUT2D eigenvalue weighted by Gasteiger charge is 2.18. The fourth-order valence-corrected chi connectivity index (χ4v) is 4.96. The highest BCUT2D eigenvalue weighted by molar-refractivity contribution is 7.92. The Morgan fingerprint density at radius 2 is 1.52 bits per heavy atom. The third kappa shape index (κ3) is 3.88. The molecule has 0 saturated carbocycles. The zero-order chi connectivity index (χ0) is 20.8. The summed E-state index contributed by atoms with van der Waals surface area (Å²) in [6.07, 6.45) is 0. The van der Waals surface area contributed by atoms with Gasteiger partial charge in [-0.05, 0) is 85.5 Å². The van der Waals surface area contributed by atoms with Crippen LogP contribution in [-0.2, 0) is 10.0 Å². The van der Waals surface area contributed by atoms with Crippen molar-refractivity contribution in [1.82, 2.24) is 4.98 Å². The van der Waals surface area contributed by atoms with Crippen LogP contribution in [0.1, 0.15) is 16.7 Å². The molecule has 6 heteroatoms. The summed E-state index contributed by atoms with van der Waals surface area (Å²) in [5.41, 5.74) is 6.18. The standard InChI is InChI=1S/C23H21ClN2O2S/c1-14-10-16(3)23(11-15(14)2)29(27,28)26-20-7-4-17(5-8-20)22-13-18-12-19(24)6-9-21(18)25-22/h4-13,25-26H,1-3H3. The molecule has 0 aliphatic carbocycles. The molecule has 0 bridgehead atoms. The third-order valence-corrected chi connectivity index (χ3v) is 6.87. The molecule has 4 rings (SSSR count). The van der Waals surface area contributed by atoms with Crippen LogP contribution in [0.2, 0.25) is 5.02 Å². The van der Waals surface area contributed by atoms with E-state index in [1.807, 2.05) is 63.2 Å². The van der Waals surface area contributed by atoms with Gasteiger partial charge in [-0.1, -0.05) is 29.8 Å². The van der Waals surface area contributed by atoms with Crippen molar-refractivity contribution in [2.24, 2.45) is 0 Å². The van der Waals surface area contributed by atoms with Gasteiger partial charge in [-0.3, -0.25) is 4.72 Å². The van der Waals surface area contributed by atoms with Crippen LogP contribution in [0.25, 0.3) is 22.2 Å². The molecule has 2 N–H and O–H groups in total. The number of benzene rings is 3. The minimum atomic E-state index is -3.66. The van der Waals surface area contributed by atoms with E-state index >= 15 is 0 Å². The van der Waals surface area contributed by atoms with Crippen LogP contribution in [-0.4, -0.2) is 13.4 Å². The summed E-state index contributed by atoms with van der Waals surface area (Å²) in [6.45, 7) is 5.70. The van der Waals surface area contributed by atoms with E-state index in [0.29, 0.717) is 15.6 Å². The Labute approximate surface area is 175 Å². The van der Waals surface area contributed by atoms with Gasteiger partial charge in [-0.15, -0.1) is 0 Å². The summed E-state index contributed by atoms with van der Waals surface area (Å²) in [5, 5.41) is 1.72. The average molecular weight is 425 g/mol. The Morgan fingerprint density at radius 1 is 0.828 bits per heavy atom. The SMILES string of the molecule is Cc1cc(C)c(S(=O)(=O)Nc2ccc(-c3cc4cc(Cl)ccc4[nH]3)cc2)cc1C. The molecule has 0 aliphatic heterocycles. The van der Waals surface area contributed by atoms with E-state index in [9.17, 15) is 8.42 Å². The molecule has 1 heterocycles. The molecule has 0 spiro atoms. The molecule has 0 atom stereocenters. The molecule has 4 nitrogen and oxygen atoms in total. The van der Waals surface area contributed by atoms with Crippen LogP contribution >= 0.6 is 11.6 Å². The Balaban J connectivity index is 1.61. The van der Waals surface area contributed by atoms with Crippen molar-refractivity contribution in [2.45, 2.75) is 25.7 Å². The molecule has 0 fully saturated rings. The van der Waals surface area contributed by atoms with E-state index < -0.39 is 10.0 Å². The summed E-state index contributed by atoms with van der Waals surface area (Å²) in [7, 11) is -3.66. The number of hydrogen-bond acceptors (Lipinski definition) is 2. The highest BCUT2D eigenvalue weighted by Crippen LogP contribution is 2.28. The fourth-order valence-electron chi connectivity index (χ4n) is 3.41. The first kappa shape index (κ1) is 19.6. The minimum absolute atomic E-state index is 0.303. The summed E-state index contributed by atoms with van der Waals surface area (Å²) < 4.78 is 28.4. The maximum Gasteiger partial charge on any atom is 0.262 e. The van der Waals surface area contributed by atoms with Gasteiger partial charge in [-0.2, -0.15) is 0 Å². The molecule has 0 unspecified atom stereocenters. The van der Waals surface area contributed by atoms with Crippen LogP contribution in [0, 0.1) is 20.8 Å². The van der Waals surface area contributed by atoms with Crippen molar-refractivity contribution in [3.05, 3.63) is 82.4 Å². The molecule has 0 saturated heterocycles. The second kappa shape index (κ2) is 7.25. The smallest absolute Gasteiger partial charge is 0.262 e. The Kier molecular flexibility index (Phi) is 4.89. The van der Waals surface area contributed by atoms with E-state index in [-0.39, 0.29) is 0 Å². The molecule has 0 radical (unpaired) electrons. The van der Waals surface area contributed by atoms with Crippen LogP contribution < -0.4 is 4.72 Å². The number of H-pyrrole nitrogens is 1. The molecule has 1 aromatic heterocycles. The lowest BCUT2D eigenvalue weighted by molar-refractivity contribution is 0.600. The van der Waals surface area contributed by atoms with Gasteiger partial charge in [-0.25, -0.2) is 8.42 Å². The lowest BCUT2D eigenvalue weighted by Gasteiger charge is -2.13. The number of anilines is 1. The van der Waals surface area contributed by atoms with Crippen molar-refractivity contribution in [3.63, 3.8) is 0 Å². The zero-order valence-corrected chi connectivity index (χ0v) is 17.9. The summed E-state index contributed by atoms with van der Waals surface area (Å²) in [5.74, 6) is 0. The molecule has 4 aromatic rings. The van der Waals surface area contributed by atoms with Gasteiger partial charge in [0.05, 0.1) is 4.90 Å². The van der Waals surface area contributed by atoms with E-state index in [1.54, 1.807) is 18.2 Å². The molecular formula is C23H21ClN2O2S. The van der Waals surface area contributed by atoms with Gasteiger partial charge in [0, 0.05) is 27.3 Å². The lowest BCUT2D eigenvalue weighted by Crippen LogP contribution is -2.14. The van der Waals surface area contributed by atoms with E-state index in [2.05, 4.69) is 9.71 Å². The van der Waals surface area contributed by atoms with Gasteiger partial charge in [0.15, 0.2) is 0 Å². The van der Waals surface area contributed by atoms with Crippen LogP contribution in [0.4, 0.5) is 5.69 Å². The largest absolute Gasteiger partial charge is 0.355 e. The van der Waals surface area contributed by atoms with Crippen molar-refractivity contribution in [3.8, 4) is 11.3 Å². The molecular weight excluding hydrogens is 404 g/mol. The first-order chi connectivity index (χ1) is 13.7. The van der Waals surface area contributed by atoms with Gasteiger partial charge in [0.2, 0.25) is 0 Å². The van der Waals surface area contributed by atoms with Gasteiger partial charge < -0.3 is 4.98 Å². The van der Waals surface area contributed by atoms with Gasteiger partial charge >= 0.3 is 0 Å². The highest BCUT2D eigenvalue weighted by atomic mass is 35.5. The predicted molar refractivity (Wildman–Crippen MR) is 120 cm³/mol. The monoisotopic (exact) mass is 424 g/mol. The van der Waals surface area contributed by atoms with Crippen LogP contribution in [0.5, 0.6) is 0 Å². The van der Waals surface area contributed by atoms with Crippen LogP contribution in [0.3, 0.4) is 0 Å². The maximum absolute atomic E-state index is 12.9. The number of sulfonamides is 1. The molecule has 0 amide bonds. The maximum atomic E-state index is 12.9. The first-order valence-electron chi connectivity index (χ1n) is 9.22. The fraction of sp³-hybridized carbons (Fsp3) is 0.130. The lowest BCUT2D eigenvalue weighted by atomic mass is 10.1. The Bertz CT molecular complexity index is 1320. The summed E-state index contributed by atoms with van der Waals surface area (Å²) in [4.78, 5) is 3.66. The number of aryl methyl sites for hydroxylation is 3. The average Bonchev–Trinajstić information content (AvgIpc) is 3.08. The van der Waals surface area contributed by atoms with Crippen LogP contribution in [0.15, 0.2) is 65.6 Å². The Hall–Kier alpha value is -2.76. The molecule has 0 aliphatic rings. The van der Waals surface area contributed by atoms with Crippen molar-refractivity contribution >= 4 is 38.2 Å². The van der Waals surface area contributed by atoms with Crippen molar-refractivity contribution in [2.75, 3.05) is 4.72 Å². The third-order valence-electron chi connectivity index (χ3n) is 5.11. The summed E-state index contributed by atoms with van der Waals surface area (Å²) in [6, 6.07) is 18.6. The molecule has 148 valence electrons. The predicted octanol–water partition coefficient (Wildman–Crippen LogP) is 6.21. The number of halogens is 1. The van der Waals surface area contributed by atoms with E-state index in [1.165, 1.54) is 0 Å². The van der Waals surface area contributed by atoms with Gasteiger partial charge in [0.25, 0.3) is 10.0 Å². The van der Waals surface area contributed by atoms with Crippen molar-refractivity contribution < 1.29 is 8.42 Å². The number of aromatic amines is 1. The van der Waals surface area contributed by atoms with Crippen molar-refractivity contribution in [1.29, 1.82) is 0 Å². The molecule has 3 aromatic carbocycles. The second-order valence-corrected chi connectivity index (χ2v) is 9.39. The molecule has 29 heavy (non-hydrogen) atoms. The number of rotatable bonds is 4. The summed E-state index contributed by atoms with van der Waals surface area (Å²) >= 11 is 6.06. The number of aromatic nitrogens is 1. The quantitative estimate of drug-likeness (QED) is 0.408. The normalized spacial score (nSPS) is 11.7. The van der Waals surface area contributed by atoms with Gasteiger partial charge in [0.1, 0.15) is 0 Å². The van der Waals surface area contributed by atoms with E-state index in [0.717, 1.165) is 38.9 Å².